The molecule has 2 rings (SSSR count). The van der Waals surface area contributed by atoms with Crippen LogP contribution in [0.2, 0.25) is 0 Å². The van der Waals surface area contributed by atoms with E-state index in [1.807, 2.05) is 24.3 Å². The molecule has 0 unspecified atom stereocenters. The fourth-order valence-corrected chi connectivity index (χ4v) is 2.49. The molecule has 2 aromatic rings. The summed E-state index contributed by atoms with van der Waals surface area (Å²) < 4.78 is 5.16. The van der Waals surface area contributed by atoms with Gasteiger partial charge in [-0.3, -0.25) is 4.99 Å². The third kappa shape index (κ3) is 6.60. The lowest BCUT2D eigenvalue weighted by atomic mass is 10.2. The van der Waals surface area contributed by atoms with Gasteiger partial charge < -0.3 is 15.4 Å². The van der Waals surface area contributed by atoms with Gasteiger partial charge in [-0.1, -0.05) is 24.3 Å². The van der Waals surface area contributed by atoms with Crippen LogP contribution in [0.15, 0.2) is 58.4 Å². The smallest absolute Gasteiger partial charge is 0.191 e. The number of hydrogen-bond donors (Lipinski definition) is 2. The van der Waals surface area contributed by atoms with Crippen LogP contribution in [0, 0.1) is 0 Å². The minimum atomic E-state index is 0. The molecule has 0 radical (unpaired) electrons. The summed E-state index contributed by atoms with van der Waals surface area (Å²) in [5, 5.41) is 6.63. The van der Waals surface area contributed by atoms with Crippen LogP contribution >= 0.6 is 35.7 Å². The lowest BCUT2D eigenvalue weighted by Gasteiger charge is -2.12. The van der Waals surface area contributed by atoms with Crippen LogP contribution in [-0.4, -0.2) is 26.4 Å². The van der Waals surface area contributed by atoms with Gasteiger partial charge in [0.2, 0.25) is 0 Å². The first-order chi connectivity index (χ1) is 11.2. The molecule has 2 aromatic carbocycles. The zero-order chi connectivity index (χ0) is 16.5. The normalized spacial score (nSPS) is 10.7. The number of rotatable bonds is 6. The van der Waals surface area contributed by atoms with E-state index in [-0.39, 0.29) is 24.0 Å². The Labute approximate surface area is 165 Å². The Balaban J connectivity index is 0.00000288. The van der Waals surface area contributed by atoms with Gasteiger partial charge in [0.15, 0.2) is 5.96 Å². The van der Waals surface area contributed by atoms with E-state index < -0.39 is 0 Å². The average molecular weight is 457 g/mol. The van der Waals surface area contributed by atoms with Crippen molar-refractivity contribution in [1.82, 2.24) is 10.6 Å². The van der Waals surface area contributed by atoms with Crippen molar-refractivity contribution in [2.45, 2.75) is 18.0 Å². The van der Waals surface area contributed by atoms with Crippen molar-refractivity contribution in [1.29, 1.82) is 0 Å². The molecule has 0 aliphatic carbocycles. The van der Waals surface area contributed by atoms with Crippen molar-refractivity contribution in [2.75, 3.05) is 20.4 Å². The topological polar surface area (TPSA) is 45.7 Å². The standard InChI is InChI=1S/C18H23N3OS.HI/c1-19-18(20-12-14-4-8-16(22-2)9-5-14)21-13-15-6-10-17(23-3)11-7-15;/h4-11H,12-13H2,1-3H3,(H2,19,20,21);1H. The molecule has 0 aliphatic heterocycles. The highest BCUT2D eigenvalue weighted by Gasteiger charge is 2.00. The Morgan fingerprint density at radius 3 is 1.88 bits per heavy atom. The van der Waals surface area contributed by atoms with Gasteiger partial charge in [0.25, 0.3) is 0 Å². The Hall–Kier alpha value is -1.41. The van der Waals surface area contributed by atoms with E-state index in [9.17, 15) is 0 Å². The van der Waals surface area contributed by atoms with Crippen molar-refractivity contribution in [2.24, 2.45) is 4.99 Å². The highest BCUT2D eigenvalue weighted by Crippen LogP contribution is 2.14. The Kier molecular flexibility index (Phi) is 9.63. The van der Waals surface area contributed by atoms with Crippen LogP contribution in [-0.2, 0) is 13.1 Å². The molecule has 0 fully saturated rings. The SMILES string of the molecule is CN=C(NCc1ccc(OC)cc1)NCc1ccc(SC)cc1.I. The van der Waals surface area contributed by atoms with Crippen LogP contribution in [0.5, 0.6) is 5.75 Å². The molecule has 24 heavy (non-hydrogen) atoms. The summed E-state index contributed by atoms with van der Waals surface area (Å²) in [4.78, 5) is 5.53. The predicted octanol–water partition coefficient (Wildman–Crippen LogP) is 3.90. The van der Waals surface area contributed by atoms with Gasteiger partial charge in [-0.05, 0) is 41.6 Å². The molecule has 2 N–H and O–H groups in total. The van der Waals surface area contributed by atoms with Gasteiger partial charge in [-0.2, -0.15) is 0 Å². The first-order valence-electron chi connectivity index (χ1n) is 7.45. The maximum absolute atomic E-state index is 5.16. The molecule has 0 saturated heterocycles. The number of halogens is 1. The number of nitrogens with zero attached hydrogens (tertiary/aromatic N) is 1. The number of benzene rings is 2. The van der Waals surface area contributed by atoms with Gasteiger partial charge in [-0.25, -0.2) is 0 Å². The van der Waals surface area contributed by atoms with E-state index >= 15 is 0 Å². The average Bonchev–Trinajstić information content (AvgIpc) is 2.62. The zero-order valence-corrected chi connectivity index (χ0v) is 17.4. The van der Waals surface area contributed by atoms with Crippen molar-refractivity contribution < 1.29 is 4.74 Å². The summed E-state index contributed by atoms with van der Waals surface area (Å²) in [5.41, 5.74) is 2.41. The number of nitrogens with one attached hydrogen (secondary N) is 2. The molecule has 6 heteroatoms. The second-order valence-electron chi connectivity index (χ2n) is 4.98. The van der Waals surface area contributed by atoms with Crippen molar-refractivity contribution in [3.05, 3.63) is 59.7 Å². The number of thioether (sulfide) groups is 1. The zero-order valence-electron chi connectivity index (χ0n) is 14.2. The van der Waals surface area contributed by atoms with E-state index in [0.29, 0.717) is 0 Å². The van der Waals surface area contributed by atoms with E-state index in [0.717, 1.165) is 24.8 Å². The second-order valence-corrected chi connectivity index (χ2v) is 5.86. The fraction of sp³-hybridized carbons (Fsp3) is 0.278. The molecule has 0 spiro atoms. The molecular weight excluding hydrogens is 433 g/mol. The molecule has 0 aromatic heterocycles. The maximum atomic E-state index is 5.16. The molecule has 130 valence electrons. The Bertz CT molecular complexity index is 576. The fourth-order valence-electron chi connectivity index (χ4n) is 2.08. The number of ether oxygens (including phenoxy) is 1. The highest BCUT2D eigenvalue weighted by atomic mass is 127. The van der Waals surface area contributed by atoms with Crippen LogP contribution in [0.4, 0.5) is 0 Å². The lowest BCUT2D eigenvalue weighted by Crippen LogP contribution is -2.36. The van der Waals surface area contributed by atoms with Crippen molar-refractivity contribution in [3.63, 3.8) is 0 Å². The molecule has 4 nitrogen and oxygen atoms in total. The molecule has 0 atom stereocenters. The number of hydrogen-bond acceptors (Lipinski definition) is 3. The Morgan fingerprint density at radius 2 is 1.46 bits per heavy atom. The third-order valence-electron chi connectivity index (χ3n) is 3.46. The van der Waals surface area contributed by atoms with E-state index in [1.54, 1.807) is 25.9 Å². The minimum Gasteiger partial charge on any atom is -0.497 e. The van der Waals surface area contributed by atoms with Crippen LogP contribution in [0.25, 0.3) is 0 Å². The quantitative estimate of drug-likeness (QED) is 0.299. The van der Waals surface area contributed by atoms with Crippen LogP contribution in [0.3, 0.4) is 0 Å². The van der Waals surface area contributed by atoms with Gasteiger partial charge in [0, 0.05) is 25.0 Å². The summed E-state index contributed by atoms with van der Waals surface area (Å²) in [7, 11) is 3.45. The largest absolute Gasteiger partial charge is 0.497 e. The van der Waals surface area contributed by atoms with Crippen LogP contribution < -0.4 is 15.4 Å². The third-order valence-corrected chi connectivity index (χ3v) is 4.21. The molecular formula is C18H24IN3OS. The molecule has 0 heterocycles. The summed E-state index contributed by atoms with van der Waals surface area (Å²) in [6.07, 6.45) is 2.08. The van der Waals surface area contributed by atoms with E-state index in [4.69, 9.17) is 4.74 Å². The summed E-state index contributed by atoms with van der Waals surface area (Å²) in [5.74, 6) is 1.65. The van der Waals surface area contributed by atoms with Gasteiger partial charge in [0.1, 0.15) is 5.75 Å². The van der Waals surface area contributed by atoms with Crippen molar-refractivity contribution >= 4 is 41.7 Å². The van der Waals surface area contributed by atoms with Gasteiger partial charge in [-0.15, -0.1) is 35.7 Å². The maximum Gasteiger partial charge on any atom is 0.191 e. The molecule has 0 amide bonds. The minimum absolute atomic E-state index is 0. The predicted molar refractivity (Wildman–Crippen MR) is 114 cm³/mol. The number of aliphatic imine (C=N–C) groups is 1. The summed E-state index contributed by atoms with van der Waals surface area (Å²) >= 11 is 1.75. The molecule has 0 saturated carbocycles. The summed E-state index contributed by atoms with van der Waals surface area (Å²) in [6.45, 7) is 1.46. The molecule has 0 aliphatic rings. The first kappa shape index (κ1) is 20.6. The number of methoxy groups -OCH3 is 1. The van der Waals surface area contributed by atoms with E-state index in [2.05, 4.69) is 46.1 Å². The van der Waals surface area contributed by atoms with Gasteiger partial charge >= 0.3 is 0 Å². The second kappa shape index (κ2) is 11.2. The van der Waals surface area contributed by atoms with E-state index in [1.165, 1.54) is 16.0 Å². The van der Waals surface area contributed by atoms with Crippen molar-refractivity contribution in [3.8, 4) is 5.75 Å². The molecule has 0 bridgehead atoms. The highest BCUT2D eigenvalue weighted by molar-refractivity contribution is 14.0. The first-order valence-corrected chi connectivity index (χ1v) is 8.68. The van der Waals surface area contributed by atoms with Gasteiger partial charge in [0.05, 0.1) is 7.11 Å². The lowest BCUT2D eigenvalue weighted by molar-refractivity contribution is 0.414. The summed E-state index contributed by atoms with van der Waals surface area (Å²) in [6, 6.07) is 16.5. The number of guanidine groups is 1. The van der Waals surface area contributed by atoms with Crippen LogP contribution in [0.1, 0.15) is 11.1 Å². The monoisotopic (exact) mass is 457 g/mol. The Morgan fingerprint density at radius 1 is 0.958 bits per heavy atom.